The maximum absolute atomic E-state index is 11.5. The molecule has 98 valence electrons. The number of aliphatic hydroxyl groups is 1. The second-order valence-corrected chi connectivity index (χ2v) is 4.92. The Morgan fingerprint density at radius 3 is 2.94 bits per heavy atom. The Hall–Kier alpha value is -1.26. The number of nitrogens with two attached hydrogens (primary N) is 1. The van der Waals surface area contributed by atoms with Crippen LogP contribution in [0.1, 0.15) is 24.8 Å². The van der Waals surface area contributed by atoms with Crippen LogP contribution in [-0.2, 0) is 11.4 Å². The summed E-state index contributed by atoms with van der Waals surface area (Å²) < 4.78 is 0. The topological polar surface area (TPSA) is 66.6 Å². The van der Waals surface area contributed by atoms with Crippen LogP contribution in [0.2, 0.25) is 5.02 Å². The zero-order chi connectivity index (χ0) is 13.1. The van der Waals surface area contributed by atoms with Crippen molar-refractivity contribution >= 4 is 23.2 Å². The average molecular weight is 269 g/mol. The highest BCUT2D eigenvalue weighted by molar-refractivity contribution is 6.33. The first-order valence-corrected chi connectivity index (χ1v) is 6.47. The van der Waals surface area contributed by atoms with Crippen LogP contribution in [-0.4, -0.2) is 23.6 Å². The second-order valence-electron chi connectivity index (χ2n) is 4.51. The molecule has 1 unspecified atom stereocenters. The molecule has 0 aromatic heterocycles. The average Bonchev–Trinajstić information content (AvgIpc) is 2.38. The number of carbonyl (C=O) groups is 1. The second kappa shape index (κ2) is 5.59. The standard InChI is InChI=1S/C13H17ClN2O2/c14-10-5-3-4-9(8-17)12(10)16-7-2-1-6-11(16)13(15)18/h3-5,11,17H,1-2,6-8H2,(H2,15,18). The van der Waals surface area contributed by atoms with E-state index in [4.69, 9.17) is 17.3 Å². The van der Waals surface area contributed by atoms with Crippen molar-refractivity contribution in [3.05, 3.63) is 28.8 Å². The molecule has 1 aromatic rings. The van der Waals surface area contributed by atoms with Crippen LogP contribution in [0.4, 0.5) is 5.69 Å². The molecule has 0 spiro atoms. The van der Waals surface area contributed by atoms with Gasteiger partial charge in [0.2, 0.25) is 5.91 Å². The molecule has 0 radical (unpaired) electrons. The van der Waals surface area contributed by atoms with Gasteiger partial charge in [0.1, 0.15) is 6.04 Å². The number of hydrogen-bond donors (Lipinski definition) is 2. The first kappa shape index (κ1) is 13.2. The fourth-order valence-electron chi connectivity index (χ4n) is 2.50. The zero-order valence-corrected chi connectivity index (χ0v) is 10.9. The molecule has 1 heterocycles. The van der Waals surface area contributed by atoms with Crippen LogP contribution in [0.25, 0.3) is 0 Å². The Kier molecular flexibility index (Phi) is 4.09. The highest BCUT2D eigenvalue weighted by atomic mass is 35.5. The van der Waals surface area contributed by atoms with Crippen molar-refractivity contribution < 1.29 is 9.90 Å². The summed E-state index contributed by atoms with van der Waals surface area (Å²) in [5.74, 6) is -0.335. The minimum absolute atomic E-state index is 0.0993. The number of halogens is 1. The van der Waals surface area contributed by atoms with E-state index in [0.29, 0.717) is 5.02 Å². The maximum atomic E-state index is 11.5. The third kappa shape index (κ3) is 2.44. The van der Waals surface area contributed by atoms with Gasteiger partial charge in [0, 0.05) is 12.1 Å². The molecule has 5 heteroatoms. The Morgan fingerprint density at radius 1 is 1.50 bits per heavy atom. The van der Waals surface area contributed by atoms with E-state index >= 15 is 0 Å². The van der Waals surface area contributed by atoms with Crippen LogP contribution in [0.15, 0.2) is 18.2 Å². The van der Waals surface area contributed by atoms with Crippen LogP contribution in [0.5, 0.6) is 0 Å². The Labute approximate surface area is 111 Å². The number of primary amides is 1. The lowest BCUT2D eigenvalue weighted by Gasteiger charge is -2.37. The number of piperidine rings is 1. The third-order valence-electron chi connectivity index (χ3n) is 3.36. The fourth-order valence-corrected chi connectivity index (χ4v) is 2.81. The summed E-state index contributed by atoms with van der Waals surface area (Å²) in [5, 5.41) is 9.95. The van der Waals surface area contributed by atoms with Gasteiger partial charge in [-0.3, -0.25) is 4.79 Å². The van der Waals surface area contributed by atoms with Crippen molar-refractivity contribution in [3.63, 3.8) is 0 Å². The van der Waals surface area contributed by atoms with Gasteiger partial charge in [0.25, 0.3) is 0 Å². The summed E-state index contributed by atoms with van der Waals surface area (Å²) in [6.45, 7) is 0.641. The summed E-state index contributed by atoms with van der Waals surface area (Å²) in [5.41, 5.74) is 6.92. The van der Waals surface area contributed by atoms with E-state index in [1.165, 1.54) is 0 Å². The summed E-state index contributed by atoms with van der Waals surface area (Å²) in [4.78, 5) is 13.5. The number of anilines is 1. The van der Waals surface area contributed by atoms with E-state index in [1.54, 1.807) is 12.1 Å². The number of rotatable bonds is 3. The van der Waals surface area contributed by atoms with Gasteiger partial charge in [0.15, 0.2) is 0 Å². The molecule has 1 aromatic carbocycles. The van der Waals surface area contributed by atoms with Crippen molar-refractivity contribution in [1.29, 1.82) is 0 Å². The molecule has 1 amide bonds. The molecule has 0 saturated carbocycles. The van der Waals surface area contributed by atoms with Gasteiger partial charge in [-0.15, -0.1) is 0 Å². The lowest BCUT2D eigenvalue weighted by Crippen LogP contribution is -2.48. The first-order valence-electron chi connectivity index (χ1n) is 6.09. The fraction of sp³-hybridized carbons (Fsp3) is 0.462. The smallest absolute Gasteiger partial charge is 0.240 e. The molecular formula is C13H17ClN2O2. The lowest BCUT2D eigenvalue weighted by molar-refractivity contribution is -0.119. The zero-order valence-electron chi connectivity index (χ0n) is 10.1. The number of hydrogen-bond acceptors (Lipinski definition) is 3. The highest BCUT2D eigenvalue weighted by Crippen LogP contribution is 2.34. The van der Waals surface area contributed by atoms with Crippen LogP contribution < -0.4 is 10.6 Å². The normalized spacial score (nSPS) is 19.9. The quantitative estimate of drug-likeness (QED) is 0.876. The molecule has 1 atom stereocenters. The van der Waals surface area contributed by atoms with Gasteiger partial charge in [-0.05, 0) is 25.3 Å². The minimum atomic E-state index is -0.335. The SMILES string of the molecule is NC(=O)C1CCCCN1c1c(Cl)cccc1CO. The predicted molar refractivity (Wildman–Crippen MR) is 71.6 cm³/mol. The predicted octanol–water partition coefficient (Wildman–Crippen LogP) is 1.68. The monoisotopic (exact) mass is 268 g/mol. The molecule has 1 saturated heterocycles. The summed E-state index contributed by atoms with van der Waals surface area (Å²) in [7, 11) is 0. The van der Waals surface area contributed by atoms with Crippen molar-refractivity contribution in [2.24, 2.45) is 5.73 Å². The highest BCUT2D eigenvalue weighted by Gasteiger charge is 2.29. The molecule has 18 heavy (non-hydrogen) atoms. The maximum Gasteiger partial charge on any atom is 0.240 e. The Bertz CT molecular complexity index is 451. The van der Waals surface area contributed by atoms with E-state index in [1.807, 2.05) is 11.0 Å². The minimum Gasteiger partial charge on any atom is -0.392 e. The van der Waals surface area contributed by atoms with Crippen molar-refractivity contribution in [2.75, 3.05) is 11.4 Å². The van der Waals surface area contributed by atoms with Crippen LogP contribution in [0, 0.1) is 0 Å². The van der Waals surface area contributed by atoms with Gasteiger partial charge in [-0.25, -0.2) is 0 Å². The van der Waals surface area contributed by atoms with E-state index < -0.39 is 0 Å². The molecule has 1 aliphatic heterocycles. The molecule has 3 N–H and O–H groups in total. The molecule has 2 rings (SSSR count). The molecule has 0 bridgehead atoms. The largest absolute Gasteiger partial charge is 0.392 e. The van der Waals surface area contributed by atoms with Crippen molar-refractivity contribution in [3.8, 4) is 0 Å². The van der Waals surface area contributed by atoms with E-state index in [9.17, 15) is 9.90 Å². The van der Waals surface area contributed by atoms with Crippen molar-refractivity contribution in [1.82, 2.24) is 0 Å². The molecular weight excluding hydrogens is 252 g/mol. The molecule has 1 aliphatic rings. The Morgan fingerprint density at radius 2 is 2.28 bits per heavy atom. The summed E-state index contributed by atoms with van der Waals surface area (Å²) in [6.07, 6.45) is 2.73. The molecule has 4 nitrogen and oxygen atoms in total. The van der Waals surface area contributed by atoms with Gasteiger partial charge in [-0.1, -0.05) is 23.7 Å². The number of para-hydroxylation sites is 1. The van der Waals surface area contributed by atoms with Crippen LogP contribution >= 0.6 is 11.6 Å². The lowest BCUT2D eigenvalue weighted by atomic mass is 9.99. The summed E-state index contributed by atoms with van der Waals surface area (Å²) >= 11 is 6.21. The van der Waals surface area contributed by atoms with E-state index in [-0.39, 0.29) is 18.6 Å². The van der Waals surface area contributed by atoms with Gasteiger partial charge >= 0.3 is 0 Å². The number of benzene rings is 1. The third-order valence-corrected chi connectivity index (χ3v) is 3.66. The summed E-state index contributed by atoms with van der Waals surface area (Å²) in [6, 6.07) is 5.04. The first-order chi connectivity index (χ1) is 8.65. The van der Waals surface area contributed by atoms with Gasteiger partial charge < -0.3 is 15.7 Å². The van der Waals surface area contributed by atoms with Gasteiger partial charge in [-0.2, -0.15) is 0 Å². The van der Waals surface area contributed by atoms with Crippen LogP contribution in [0.3, 0.4) is 0 Å². The van der Waals surface area contributed by atoms with E-state index in [2.05, 4.69) is 0 Å². The number of carbonyl (C=O) groups excluding carboxylic acids is 1. The number of nitrogens with zero attached hydrogens (tertiary/aromatic N) is 1. The number of aliphatic hydroxyl groups excluding tert-OH is 1. The van der Waals surface area contributed by atoms with Gasteiger partial charge in [0.05, 0.1) is 17.3 Å². The molecule has 1 fully saturated rings. The van der Waals surface area contributed by atoms with E-state index in [0.717, 1.165) is 37.1 Å². The molecule has 0 aliphatic carbocycles. The number of amides is 1. The Balaban J connectivity index is 2.42. The van der Waals surface area contributed by atoms with Crippen molar-refractivity contribution in [2.45, 2.75) is 31.9 Å².